The molecule has 0 aliphatic rings. The van der Waals surface area contributed by atoms with Crippen LogP contribution >= 0.6 is 0 Å². The van der Waals surface area contributed by atoms with Gasteiger partial charge in [0.05, 0.1) is 0 Å². The molecule has 6 heteroatoms. The first-order valence-electron chi connectivity index (χ1n) is 6.48. The van der Waals surface area contributed by atoms with Crippen molar-refractivity contribution in [3.8, 4) is 0 Å². The second-order valence-electron chi connectivity index (χ2n) is 4.86. The van der Waals surface area contributed by atoms with Crippen molar-refractivity contribution >= 4 is 22.7 Å². The van der Waals surface area contributed by atoms with Crippen LogP contribution in [0.1, 0.15) is 35.4 Å². The van der Waals surface area contributed by atoms with Gasteiger partial charge >= 0.3 is 11.9 Å². The molecule has 2 N–H and O–H groups in total. The molecule has 1 unspecified atom stereocenters. The average molecular weight is 289 g/mol. The predicted molar refractivity (Wildman–Crippen MR) is 76.9 cm³/mol. The fourth-order valence-corrected chi connectivity index (χ4v) is 2.39. The molecule has 0 bridgehead atoms. The Balaban J connectivity index is 2.91. The number of aliphatic carboxylic acids is 1. The van der Waals surface area contributed by atoms with Crippen LogP contribution in [-0.2, 0) is 4.79 Å². The van der Waals surface area contributed by atoms with Gasteiger partial charge in [0.2, 0.25) is 0 Å². The summed E-state index contributed by atoms with van der Waals surface area (Å²) in [7, 11) is 0. The summed E-state index contributed by atoms with van der Waals surface area (Å²) in [5.74, 6) is -2.55. The first-order chi connectivity index (χ1) is 9.86. The van der Waals surface area contributed by atoms with Crippen LogP contribution in [0.3, 0.4) is 0 Å². The molecule has 0 radical (unpaired) electrons. The van der Waals surface area contributed by atoms with E-state index in [1.165, 1.54) is 6.07 Å². The highest BCUT2D eigenvalue weighted by Crippen LogP contribution is 2.19. The maximum atomic E-state index is 12.5. The Hall–Kier alpha value is -2.63. The molecular weight excluding hydrogens is 274 g/mol. The van der Waals surface area contributed by atoms with Crippen LogP contribution in [0.2, 0.25) is 0 Å². The van der Waals surface area contributed by atoms with E-state index in [1.54, 1.807) is 25.1 Å². The van der Waals surface area contributed by atoms with Gasteiger partial charge in [-0.3, -0.25) is 9.36 Å². The number of aryl methyl sites for hydroxylation is 1. The molecule has 1 atom stereocenters. The molecule has 1 aromatic heterocycles. The molecule has 0 amide bonds. The van der Waals surface area contributed by atoms with Gasteiger partial charge in [-0.2, -0.15) is 0 Å². The van der Waals surface area contributed by atoms with Crippen LogP contribution in [0.15, 0.2) is 29.1 Å². The lowest BCUT2D eigenvalue weighted by Crippen LogP contribution is -2.33. The fourth-order valence-electron chi connectivity index (χ4n) is 2.39. The molecule has 1 aromatic carbocycles. The standard InChI is InChI=1S/C15H15NO5/c1-3-11(14(18)19)16-12(15(20)21)7-9-6-8(2)4-5-10(9)13(16)17/h4-7,11H,3H2,1-2H3,(H,18,19)(H,20,21). The van der Waals surface area contributed by atoms with Crippen molar-refractivity contribution in [1.29, 1.82) is 0 Å². The van der Waals surface area contributed by atoms with Gasteiger partial charge in [-0.15, -0.1) is 0 Å². The van der Waals surface area contributed by atoms with Crippen molar-refractivity contribution in [1.82, 2.24) is 4.57 Å². The van der Waals surface area contributed by atoms with E-state index in [2.05, 4.69) is 0 Å². The monoisotopic (exact) mass is 289 g/mol. The van der Waals surface area contributed by atoms with E-state index in [-0.39, 0.29) is 12.1 Å². The van der Waals surface area contributed by atoms with Crippen molar-refractivity contribution in [2.45, 2.75) is 26.3 Å². The van der Waals surface area contributed by atoms with E-state index in [1.807, 2.05) is 6.92 Å². The van der Waals surface area contributed by atoms with Crippen LogP contribution in [0.5, 0.6) is 0 Å². The minimum Gasteiger partial charge on any atom is -0.480 e. The van der Waals surface area contributed by atoms with Crippen molar-refractivity contribution in [2.75, 3.05) is 0 Å². The number of carbonyl (C=O) groups is 2. The second-order valence-corrected chi connectivity index (χ2v) is 4.86. The number of fused-ring (bicyclic) bond motifs is 1. The zero-order valence-corrected chi connectivity index (χ0v) is 11.7. The van der Waals surface area contributed by atoms with E-state index in [0.717, 1.165) is 10.1 Å². The van der Waals surface area contributed by atoms with Crippen molar-refractivity contribution in [3.05, 3.63) is 45.9 Å². The Bertz CT molecular complexity index is 790. The number of carboxylic acids is 2. The quantitative estimate of drug-likeness (QED) is 0.897. The average Bonchev–Trinajstić information content (AvgIpc) is 2.40. The van der Waals surface area contributed by atoms with Crippen LogP contribution in [0, 0.1) is 6.92 Å². The van der Waals surface area contributed by atoms with Gasteiger partial charge in [0.15, 0.2) is 0 Å². The Morgan fingerprint density at radius 3 is 2.43 bits per heavy atom. The van der Waals surface area contributed by atoms with Crippen molar-refractivity contribution in [3.63, 3.8) is 0 Å². The van der Waals surface area contributed by atoms with Gasteiger partial charge in [0, 0.05) is 5.39 Å². The zero-order valence-electron chi connectivity index (χ0n) is 11.7. The van der Waals surface area contributed by atoms with Gasteiger partial charge in [-0.1, -0.05) is 24.6 Å². The summed E-state index contributed by atoms with van der Waals surface area (Å²) in [4.78, 5) is 35.2. The number of nitrogens with zero attached hydrogens (tertiary/aromatic N) is 1. The maximum Gasteiger partial charge on any atom is 0.352 e. The molecule has 21 heavy (non-hydrogen) atoms. The molecular formula is C15H15NO5. The highest BCUT2D eigenvalue weighted by molar-refractivity contribution is 5.93. The summed E-state index contributed by atoms with van der Waals surface area (Å²) >= 11 is 0. The van der Waals surface area contributed by atoms with Crippen LogP contribution in [0.25, 0.3) is 10.8 Å². The second kappa shape index (κ2) is 5.40. The van der Waals surface area contributed by atoms with Crippen LogP contribution in [0.4, 0.5) is 0 Å². The molecule has 0 aliphatic heterocycles. The third-order valence-corrected chi connectivity index (χ3v) is 3.41. The van der Waals surface area contributed by atoms with Gasteiger partial charge in [-0.05, 0) is 30.9 Å². The molecule has 6 nitrogen and oxygen atoms in total. The molecule has 0 spiro atoms. The fraction of sp³-hybridized carbons (Fsp3) is 0.267. The Labute approximate surface area is 120 Å². The van der Waals surface area contributed by atoms with Crippen LogP contribution in [-0.4, -0.2) is 26.7 Å². The van der Waals surface area contributed by atoms with E-state index in [4.69, 9.17) is 0 Å². The maximum absolute atomic E-state index is 12.5. The van der Waals surface area contributed by atoms with Gasteiger partial charge < -0.3 is 10.2 Å². The number of rotatable bonds is 4. The highest BCUT2D eigenvalue weighted by atomic mass is 16.4. The summed E-state index contributed by atoms with van der Waals surface area (Å²) in [6.45, 7) is 3.42. The van der Waals surface area contributed by atoms with E-state index < -0.39 is 23.5 Å². The SMILES string of the molecule is CCC(C(=O)O)n1c(C(=O)O)cc2cc(C)ccc2c1=O. The molecule has 2 aromatic rings. The van der Waals surface area contributed by atoms with Crippen LogP contribution < -0.4 is 5.56 Å². The number of aromatic carboxylic acids is 1. The number of pyridine rings is 1. The molecule has 0 fully saturated rings. The minimum absolute atomic E-state index is 0.118. The molecule has 0 saturated heterocycles. The number of hydrogen-bond acceptors (Lipinski definition) is 3. The molecule has 0 saturated carbocycles. The van der Waals surface area contributed by atoms with E-state index in [9.17, 15) is 24.6 Å². The summed E-state index contributed by atoms with van der Waals surface area (Å²) in [5.41, 5.74) is -0.0206. The van der Waals surface area contributed by atoms with Gasteiger partial charge in [-0.25, -0.2) is 9.59 Å². The topological polar surface area (TPSA) is 96.6 Å². The Morgan fingerprint density at radius 2 is 1.90 bits per heavy atom. The largest absolute Gasteiger partial charge is 0.480 e. The molecule has 110 valence electrons. The predicted octanol–water partition coefficient (Wildman–Crippen LogP) is 2.04. The summed E-state index contributed by atoms with van der Waals surface area (Å²) in [6.07, 6.45) is 0.118. The summed E-state index contributed by atoms with van der Waals surface area (Å²) < 4.78 is 0.850. The number of hydrogen-bond donors (Lipinski definition) is 2. The highest BCUT2D eigenvalue weighted by Gasteiger charge is 2.25. The third kappa shape index (κ3) is 2.52. The molecule has 1 heterocycles. The lowest BCUT2D eigenvalue weighted by atomic mass is 10.1. The minimum atomic E-state index is -1.32. The summed E-state index contributed by atoms with van der Waals surface area (Å²) in [5, 5.41) is 19.3. The third-order valence-electron chi connectivity index (χ3n) is 3.41. The normalized spacial score (nSPS) is 12.3. The number of benzene rings is 1. The molecule has 2 rings (SSSR count). The van der Waals surface area contributed by atoms with Crippen molar-refractivity contribution in [2.24, 2.45) is 0 Å². The number of carboxylic acid groups (broad SMARTS) is 2. The van der Waals surface area contributed by atoms with Gasteiger partial charge in [0.25, 0.3) is 5.56 Å². The number of aromatic nitrogens is 1. The van der Waals surface area contributed by atoms with E-state index >= 15 is 0 Å². The van der Waals surface area contributed by atoms with E-state index in [0.29, 0.717) is 10.8 Å². The Morgan fingerprint density at radius 1 is 1.24 bits per heavy atom. The lowest BCUT2D eigenvalue weighted by Gasteiger charge is -2.17. The Kier molecular flexibility index (Phi) is 3.80. The first kappa shape index (κ1) is 14.8. The summed E-state index contributed by atoms with van der Waals surface area (Å²) in [6, 6.07) is 5.17. The van der Waals surface area contributed by atoms with Gasteiger partial charge in [0.1, 0.15) is 11.7 Å². The van der Waals surface area contributed by atoms with Crippen molar-refractivity contribution < 1.29 is 19.8 Å². The first-order valence-corrected chi connectivity index (χ1v) is 6.48. The lowest BCUT2D eigenvalue weighted by molar-refractivity contribution is -0.141. The smallest absolute Gasteiger partial charge is 0.352 e. The molecule has 0 aliphatic carbocycles. The zero-order chi connectivity index (χ0) is 15.7.